The molecule has 0 bridgehead atoms. The normalized spacial score (nSPS) is 19.8. The van der Waals surface area contributed by atoms with Crippen LogP contribution in [0.3, 0.4) is 0 Å². The Morgan fingerprint density at radius 1 is 1.50 bits per heavy atom. The first-order valence-electron chi connectivity index (χ1n) is 6.93. The van der Waals surface area contributed by atoms with Crippen LogP contribution in [0.5, 0.6) is 5.75 Å². The van der Waals surface area contributed by atoms with Gasteiger partial charge in [-0.15, -0.1) is 0 Å². The third-order valence-corrected chi connectivity index (χ3v) is 3.39. The van der Waals surface area contributed by atoms with Crippen molar-refractivity contribution >= 4 is 5.91 Å². The lowest BCUT2D eigenvalue weighted by molar-refractivity contribution is -0.119. The molecule has 20 heavy (non-hydrogen) atoms. The fraction of sp³-hybridized carbons (Fsp3) is 0.533. The zero-order valence-corrected chi connectivity index (χ0v) is 12.0. The molecule has 1 amide bonds. The molecule has 2 rings (SSSR count). The van der Waals surface area contributed by atoms with Gasteiger partial charge >= 0.3 is 0 Å². The minimum atomic E-state index is -0.592. The molecule has 5 heteroatoms. The first-order valence-corrected chi connectivity index (χ1v) is 6.93. The molecular formula is C15H22N2O3. The Kier molecular flexibility index (Phi) is 4.98. The van der Waals surface area contributed by atoms with Gasteiger partial charge in [-0.2, -0.15) is 0 Å². The molecule has 1 aliphatic heterocycles. The van der Waals surface area contributed by atoms with Crippen molar-refractivity contribution < 1.29 is 14.6 Å². The summed E-state index contributed by atoms with van der Waals surface area (Å²) in [4.78, 5) is 11.0. The van der Waals surface area contributed by atoms with Crippen molar-refractivity contribution in [3.05, 3.63) is 29.3 Å². The molecule has 5 nitrogen and oxygen atoms in total. The second-order valence-corrected chi connectivity index (χ2v) is 5.35. The predicted molar refractivity (Wildman–Crippen MR) is 76.8 cm³/mol. The van der Waals surface area contributed by atoms with Crippen molar-refractivity contribution in [3.63, 3.8) is 0 Å². The molecule has 0 spiro atoms. The van der Waals surface area contributed by atoms with Crippen LogP contribution in [-0.2, 0) is 4.79 Å². The first kappa shape index (κ1) is 14.8. The lowest BCUT2D eigenvalue weighted by atomic mass is 10.1. The number of aliphatic hydroxyl groups excluding tert-OH is 1. The van der Waals surface area contributed by atoms with Crippen LogP contribution in [0.1, 0.15) is 17.5 Å². The summed E-state index contributed by atoms with van der Waals surface area (Å²) < 4.78 is 5.64. The van der Waals surface area contributed by atoms with Gasteiger partial charge in [0, 0.05) is 25.6 Å². The van der Waals surface area contributed by atoms with Gasteiger partial charge in [-0.25, -0.2) is 0 Å². The lowest BCUT2D eigenvalue weighted by Crippen LogP contribution is -2.39. The number of hydrogen-bond acceptors (Lipinski definition) is 4. The van der Waals surface area contributed by atoms with Gasteiger partial charge in [-0.3, -0.25) is 4.79 Å². The van der Waals surface area contributed by atoms with Crippen molar-refractivity contribution in [2.45, 2.75) is 32.4 Å². The van der Waals surface area contributed by atoms with E-state index in [2.05, 4.69) is 10.6 Å². The van der Waals surface area contributed by atoms with Crippen LogP contribution >= 0.6 is 0 Å². The van der Waals surface area contributed by atoms with E-state index in [1.807, 2.05) is 32.0 Å². The van der Waals surface area contributed by atoms with Crippen molar-refractivity contribution in [2.75, 3.05) is 19.7 Å². The van der Waals surface area contributed by atoms with Crippen LogP contribution in [0.25, 0.3) is 0 Å². The highest BCUT2D eigenvalue weighted by molar-refractivity contribution is 5.78. The Labute approximate surface area is 119 Å². The summed E-state index contributed by atoms with van der Waals surface area (Å²) in [7, 11) is 0. The van der Waals surface area contributed by atoms with Crippen LogP contribution in [0.15, 0.2) is 18.2 Å². The van der Waals surface area contributed by atoms with E-state index >= 15 is 0 Å². The highest BCUT2D eigenvalue weighted by atomic mass is 16.5. The standard InChI is InChI=1S/C15H22N2O3/c1-10-3-4-11(2)14(5-10)20-9-13(18)8-16-12-6-15(19)17-7-12/h3-5,12-13,16,18H,6-9H2,1-2H3,(H,17,19). The van der Waals surface area contributed by atoms with E-state index in [0.717, 1.165) is 16.9 Å². The minimum Gasteiger partial charge on any atom is -0.491 e. The first-order chi connectivity index (χ1) is 9.54. The maximum Gasteiger partial charge on any atom is 0.221 e. The van der Waals surface area contributed by atoms with E-state index in [1.165, 1.54) is 0 Å². The molecule has 3 N–H and O–H groups in total. The molecule has 0 aliphatic carbocycles. The SMILES string of the molecule is Cc1ccc(C)c(OCC(O)CNC2CNC(=O)C2)c1. The maximum atomic E-state index is 11.0. The Hall–Kier alpha value is -1.59. The quantitative estimate of drug-likeness (QED) is 0.709. The molecule has 0 saturated carbocycles. The zero-order chi connectivity index (χ0) is 14.5. The molecule has 1 heterocycles. The van der Waals surface area contributed by atoms with Gasteiger partial charge in [-0.1, -0.05) is 12.1 Å². The Balaban J connectivity index is 1.73. The van der Waals surface area contributed by atoms with Crippen molar-refractivity contribution in [1.82, 2.24) is 10.6 Å². The molecule has 2 atom stereocenters. The molecule has 0 aromatic heterocycles. The summed E-state index contributed by atoms with van der Waals surface area (Å²) in [5, 5.41) is 15.8. The van der Waals surface area contributed by atoms with Gasteiger partial charge in [0.15, 0.2) is 0 Å². The van der Waals surface area contributed by atoms with Gasteiger partial charge in [0.25, 0.3) is 0 Å². The topological polar surface area (TPSA) is 70.6 Å². The van der Waals surface area contributed by atoms with Crippen molar-refractivity contribution in [2.24, 2.45) is 0 Å². The summed E-state index contributed by atoms with van der Waals surface area (Å²) in [5.74, 6) is 0.866. The Bertz CT molecular complexity index is 476. The molecule has 1 aromatic carbocycles. The van der Waals surface area contributed by atoms with Gasteiger partial charge in [-0.05, 0) is 31.0 Å². The number of benzene rings is 1. The Morgan fingerprint density at radius 2 is 2.30 bits per heavy atom. The van der Waals surface area contributed by atoms with Crippen LogP contribution < -0.4 is 15.4 Å². The lowest BCUT2D eigenvalue weighted by Gasteiger charge is -2.17. The molecule has 1 aliphatic rings. The van der Waals surface area contributed by atoms with Crippen LogP contribution in [-0.4, -0.2) is 42.9 Å². The smallest absolute Gasteiger partial charge is 0.221 e. The highest BCUT2D eigenvalue weighted by Gasteiger charge is 2.21. The van der Waals surface area contributed by atoms with Gasteiger partial charge in [0.1, 0.15) is 18.5 Å². The fourth-order valence-corrected chi connectivity index (χ4v) is 2.16. The third-order valence-electron chi connectivity index (χ3n) is 3.39. The van der Waals surface area contributed by atoms with E-state index in [-0.39, 0.29) is 18.6 Å². The number of aryl methyl sites for hydroxylation is 2. The molecule has 2 unspecified atom stereocenters. The highest BCUT2D eigenvalue weighted by Crippen LogP contribution is 2.19. The molecule has 1 aromatic rings. The van der Waals surface area contributed by atoms with Gasteiger partial charge in [0.05, 0.1) is 0 Å². The number of carbonyl (C=O) groups excluding carboxylic acids is 1. The second-order valence-electron chi connectivity index (χ2n) is 5.35. The summed E-state index contributed by atoms with van der Waals surface area (Å²) in [6, 6.07) is 6.11. The monoisotopic (exact) mass is 278 g/mol. The predicted octanol–water partition coefficient (Wildman–Crippen LogP) is 0.521. The number of nitrogens with one attached hydrogen (secondary N) is 2. The zero-order valence-electron chi connectivity index (χ0n) is 12.0. The molecule has 1 fully saturated rings. The van der Waals surface area contributed by atoms with Gasteiger partial charge < -0.3 is 20.5 Å². The van der Waals surface area contributed by atoms with E-state index in [0.29, 0.717) is 19.5 Å². The van der Waals surface area contributed by atoms with Crippen LogP contribution in [0, 0.1) is 13.8 Å². The largest absolute Gasteiger partial charge is 0.491 e. The average molecular weight is 278 g/mol. The Morgan fingerprint density at radius 3 is 3.00 bits per heavy atom. The van der Waals surface area contributed by atoms with E-state index < -0.39 is 6.10 Å². The number of carbonyl (C=O) groups is 1. The van der Waals surface area contributed by atoms with E-state index in [4.69, 9.17) is 4.74 Å². The number of hydrogen-bond donors (Lipinski definition) is 3. The number of amides is 1. The van der Waals surface area contributed by atoms with E-state index in [9.17, 15) is 9.90 Å². The molecular weight excluding hydrogens is 256 g/mol. The van der Waals surface area contributed by atoms with Crippen molar-refractivity contribution in [3.8, 4) is 5.75 Å². The maximum absolute atomic E-state index is 11.0. The number of aliphatic hydroxyl groups is 1. The van der Waals surface area contributed by atoms with Crippen LogP contribution in [0.2, 0.25) is 0 Å². The summed E-state index contributed by atoms with van der Waals surface area (Å²) in [5.41, 5.74) is 2.19. The molecule has 1 saturated heterocycles. The fourth-order valence-electron chi connectivity index (χ4n) is 2.16. The molecule has 110 valence electrons. The van der Waals surface area contributed by atoms with E-state index in [1.54, 1.807) is 0 Å². The average Bonchev–Trinajstić information content (AvgIpc) is 2.83. The third kappa shape index (κ3) is 4.21. The van der Waals surface area contributed by atoms with Crippen LogP contribution in [0.4, 0.5) is 0 Å². The summed E-state index contributed by atoms with van der Waals surface area (Å²) in [6.45, 7) is 5.28. The minimum absolute atomic E-state index is 0.0589. The van der Waals surface area contributed by atoms with Gasteiger partial charge in [0.2, 0.25) is 5.91 Å². The molecule has 0 radical (unpaired) electrons. The summed E-state index contributed by atoms with van der Waals surface area (Å²) in [6.07, 6.45) is -0.115. The number of ether oxygens (including phenoxy) is 1. The second kappa shape index (κ2) is 6.72. The number of rotatable bonds is 6. The van der Waals surface area contributed by atoms with Crippen molar-refractivity contribution in [1.29, 1.82) is 0 Å². The summed E-state index contributed by atoms with van der Waals surface area (Å²) >= 11 is 0.